The Kier molecular flexibility index (Phi) is 6.82. The van der Waals surface area contributed by atoms with Gasteiger partial charge in [0.15, 0.2) is 11.5 Å². The number of fused-ring (bicyclic) bond motifs is 1. The van der Waals surface area contributed by atoms with Crippen LogP contribution in [0.1, 0.15) is 11.3 Å². The van der Waals surface area contributed by atoms with Crippen LogP contribution in [0.15, 0.2) is 59.6 Å². The first-order chi connectivity index (χ1) is 17.1. The molecule has 1 aliphatic heterocycles. The van der Waals surface area contributed by atoms with E-state index in [1.54, 1.807) is 18.4 Å². The summed E-state index contributed by atoms with van der Waals surface area (Å²) in [6.45, 7) is 2.61. The number of thioether (sulfide) groups is 1. The fourth-order valence-corrected chi connectivity index (χ4v) is 5.13. The molecule has 3 heterocycles. The molecule has 4 aromatic rings. The smallest absolute Gasteiger partial charge is 0.231 e. The number of carbonyl (C=O) groups is 1. The molecule has 8 nitrogen and oxygen atoms in total. The van der Waals surface area contributed by atoms with Crippen LogP contribution >= 0.6 is 23.1 Å². The Morgan fingerprint density at radius 2 is 1.91 bits per heavy atom. The van der Waals surface area contributed by atoms with Crippen molar-refractivity contribution in [2.24, 2.45) is 0 Å². The van der Waals surface area contributed by atoms with Crippen molar-refractivity contribution in [3.8, 4) is 38.4 Å². The van der Waals surface area contributed by atoms with Crippen molar-refractivity contribution >= 4 is 29.0 Å². The van der Waals surface area contributed by atoms with Crippen LogP contribution in [0.4, 0.5) is 0 Å². The van der Waals surface area contributed by atoms with Crippen molar-refractivity contribution in [2.75, 3.05) is 19.7 Å². The van der Waals surface area contributed by atoms with Gasteiger partial charge in [-0.1, -0.05) is 17.8 Å². The monoisotopic (exact) mass is 506 g/mol. The summed E-state index contributed by atoms with van der Waals surface area (Å²) in [7, 11) is 1.65. The molecular weight excluding hydrogens is 484 g/mol. The lowest BCUT2D eigenvalue weighted by atomic mass is 10.2. The van der Waals surface area contributed by atoms with Gasteiger partial charge in [-0.2, -0.15) is 0 Å². The number of aryl methyl sites for hydroxylation is 1. The van der Waals surface area contributed by atoms with E-state index in [1.165, 1.54) is 11.8 Å². The van der Waals surface area contributed by atoms with E-state index in [-0.39, 0.29) is 18.5 Å². The molecule has 5 rings (SSSR count). The van der Waals surface area contributed by atoms with Gasteiger partial charge in [0.1, 0.15) is 21.5 Å². The average molecular weight is 507 g/mol. The Morgan fingerprint density at radius 1 is 1.09 bits per heavy atom. The number of hydrogen-bond donors (Lipinski definition) is 1. The highest BCUT2D eigenvalue weighted by atomic mass is 32.2. The third-order valence-corrected chi connectivity index (χ3v) is 7.43. The number of hydrogen-bond acceptors (Lipinski definition) is 9. The topological polar surface area (TPSA) is 95.5 Å². The van der Waals surface area contributed by atoms with Crippen LogP contribution in [0.2, 0.25) is 0 Å². The Labute approximate surface area is 210 Å². The number of nitrogens with zero attached hydrogens (tertiary/aromatic N) is 3. The zero-order valence-corrected chi connectivity index (χ0v) is 20.7. The maximum absolute atomic E-state index is 12.3. The van der Waals surface area contributed by atoms with Gasteiger partial charge in [0.2, 0.25) is 12.7 Å². The Hall–Kier alpha value is -3.63. The van der Waals surface area contributed by atoms with Crippen molar-refractivity contribution in [3.05, 3.63) is 65.9 Å². The van der Waals surface area contributed by atoms with E-state index in [1.807, 2.05) is 61.5 Å². The van der Waals surface area contributed by atoms with E-state index in [9.17, 15) is 4.79 Å². The van der Waals surface area contributed by atoms with Crippen molar-refractivity contribution in [1.82, 2.24) is 20.5 Å². The second-order valence-electron chi connectivity index (χ2n) is 7.67. The fraction of sp³-hybridized carbons (Fsp3) is 0.200. The second kappa shape index (κ2) is 10.3. The van der Waals surface area contributed by atoms with Gasteiger partial charge >= 0.3 is 0 Å². The first-order valence-corrected chi connectivity index (χ1v) is 12.6. The number of ether oxygens (including phenoxy) is 3. The lowest BCUT2D eigenvalue weighted by molar-refractivity contribution is -0.118. The maximum Gasteiger partial charge on any atom is 0.231 e. The molecule has 178 valence electrons. The lowest BCUT2D eigenvalue weighted by Gasteiger charge is -2.06. The molecule has 0 atom stereocenters. The van der Waals surface area contributed by atoms with Gasteiger partial charge in [-0.15, -0.1) is 21.5 Å². The normalized spacial score (nSPS) is 11.9. The number of thiazole rings is 1. The predicted octanol–water partition coefficient (Wildman–Crippen LogP) is 4.72. The van der Waals surface area contributed by atoms with Crippen LogP contribution in [0.3, 0.4) is 0 Å². The van der Waals surface area contributed by atoms with E-state index in [2.05, 4.69) is 15.5 Å². The van der Waals surface area contributed by atoms with Crippen molar-refractivity contribution < 1.29 is 19.0 Å². The van der Waals surface area contributed by atoms with E-state index < -0.39 is 0 Å². The quantitative estimate of drug-likeness (QED) is 0.343. The zero-order chi connectivity index (χ0) is 24.2. The Balaban J connectivity index is 1.16. The molecule has 1 amide bonds. The van der Waals surface area contributed by atoms with Crippen molar-refractivity contribution in [3.63, 3.8) is 0 Å². The van der Waals surface area contributed by atoms with Crippen LogP contribution in [-0.4, -0.2) is 40.7 Å². The molecule has 0 aliphatic carbocycles. The summed E-state index contributed by atoms with van der Waals surface area (Å²) in [4.78, 5) is 18.0. The summed E-state index contributed by atoms with van der Waals surface area (Å²) in [5, 5.41) is 13.2. The van der Waals surface area contributed by atoms with E-state index in [0.29, 0.717) is 17.3 Å². The summed E-state index contributed by atoms with van der Waals surface area (Å²) in [6.07, 6.45) is 0. The molecule has 0 saturated heterocycles. The number of methoxy groups -OCH3 is 1. The lowest BCUT2D eigenvalue weighted by Crippen LogP contribution is -2.24. The summed E-state index contributed by atoms with van der Waals surface area (Å²) in [5.41, 5.74) is 3.64. The molecule has 35 heavy (non-hydrogen) atoms. The molecule has 2 aromatic heterocycles. The zero-order valence-electron chi connectivity index (χ0n) is 19.1. The highest BCUT2D eigenvalue weighted by Gasteiger charge is 2.15. The molecule has 0 bridgehead atoms. The van der Waals surface area contributed by atoms with E-state index in [4.69, 9.17) is 19.2 Å². The maximum atomic E-state index is 12.3. The number of aromatic nitrogens is 3. The minimum absolute atomic E-state index is 0.0824. The van der Waals surface area contributed by atoms with Crippen LogP contribution in [0, 0.1) is 6.92 Å². The number of nitrogens with one attached hydrogen (secondary N) is 1. The largest absolute Gasteiger partial charge is 0.497 e. The molecule has 10 heteroatoms. The van der Waals surface area contributed by atoms with Crippen molar-refractivity contribution in [1.29, 1.82) is 0 Å². The van der Waals surface area contributed by atoms with Gasteiger partial charge in [0, 0.05) is 12.1 Å². The van der Waals surface area contributed by atoms with E-state index in [0.717, 1.165) is 43.9 Å². The number of carbonyl (C=O) groups excluding carboxylic acids is 1. The number of amides is 1. The van der Waals surface area contributed by atoms with Crippen molar-refractivity contribution in [2.45, 2.75) is 18.5 Å². The van der Waals surface area contributed by atoms with Gasteiger partial charge < -0.3 is 19.5 Å². The minimum atomic E-state index is -0.0824. The number of rotatable bonds is 8. The van der Waals surface area contributed by atoms with Gasteiger partial charge in [-0.05, 0) is 61.0 Å². The van der Waals surface area contributed by atoms with Gasteiger partial charge in [0.05, 0.1) is 23.4 Å². The highest BCUT2D eigenvalue weighted by Crippen LogP contribution is 2.35. The van der Waals surface area contributed by atoms with E-state index >= 15 is 0 Å². The summed E-state index contributed by atoms with van der Waals surface area (Å²) in [6, 6.07) is 17.2. The summed E-state index contributed by atoms with van der Waals surface area (Å²) in [5.74, 6) is 2.40. The molecule has 1 N–H and O–H groups in total. The molecule has 0 unspecified atom stereocenters. The van der Waals surface area contributed by atoms with Gasteiger partial charge in [0.25, 0.3) is 0 Å². The molecule has 0 fully saturated rings. The second-order valence-corrected chi connectivity index (χ2v) is 9.67. The van der Waals surface area contributed by atoms with Gasteiger partial charge in [-0.25, -0.2) is 4.98 Å². The Bertz CT molecular complexity index is 1340. The molecule has 1 aliphatic rings. The third kappa shape index (κ3) is 5.39. The predicted molar refractivity (Wildman–Crippen MR) is 135 cm³/mol. The van der Waals surface area contributed by atoms with Crippen LogP contribution < -0.4 is 19.5 Å². The van der Waals surface area contributed by atoms with Crippen LogP contribution in [-0.2, 0) is 11.3 Å². The molecule has 0 radical (unpaired) electrons. The first-order valence-electron chi connectivity index (χ1n) is 10.8. The third-order valence-electron chi connectivity index (χ3n) is 5.28. The van der Waals surface area contributed by atoms with Crippen LogP contribution in [0.5, 0.6) is 17.2 Å². The van der Waals surface area contributed by atoms with Gasteiger partial charge in [-0.3, -0.25) is 4.79 Å². The summed E-state index contributed by atoms with van der Waals surface area (Å²) < 4.78 is 15.9. The highest BCUT2D eigenvalue weighted by molar-refractivity contribution is 7.99. The first kappa shape index (κ1) is 23.1. The fourth-order valence-electron chi connectivity index (χ4n) is 3.45. The molecule has 0 spiro atoms. The average Bonchev–Trinajstić information content (AvgIpc) is 3.52. The summed E-state index contributed by atoms with van der Waals surface area (Å²) >= 11 is 2.92. The molecular formula is C25H22N4O4S2. The number of benzene rings is 2. The SMILES string of the molecule is COc1ccc(-c2nc(C)c(-c3ccc(SCC(=O)NCc4ccc5c(c4)OCO5)nn3)s2)cc1. The van der Waals surface area contributed by atoms with Crippen LogP contribution in [0.25, 0.3) is 21.1 Å². The molecule has 0 saturated carbocycles. The Morgan fingerprint density at radius 3 is 2.69 bits per heavy atom. The molecule has 2 aromatic carbocycles. The standard InChI is InChI=1S/C25H22N4O4S2/c1-15-24(35-25(27-15)17-4-6-18(31-2)7-5-17)19-8-10-23(29-28-19)34-13-22(30)26-12-16-3-9-20-21(11-16)33-14-32-20/h3-11H,12-14H2,1-2H3,(H,26,30). The minimum Gasteiger partial charge on any atom is -0.497 e.